The number of hydrogen-bond donors (Lipinski definition) is 3. The van der Waals surface area contributed by atoms with Crippen molar-refractivity contribution in [1.82, 2.24) is 5.32 Å². The number of aliphatic carboxylic acids is 1. The quantitative estimate of drug-likeness (QED) is 0.708. The minimum Gasteiger partial charge on any atom is -0.508 e. The van der Waals surface area contributed by atoms with E-state index < -0.39 is 11.9 Å². The van der Waals surface area contributed by atoms with E-state index in [2.05, 4.69) is 5.32 Å². The Balaban J connectivity index is 2.35. The molecule has 0 saturated heterocycles. The Morgan fingerprint density at radius 2 is 2.00 bits per heavy atom. The highest BCUT2D eigenvalue weighted by molar-refractivity contribution is 5.79. The second kappa shape index (κ2) is 6.64. The Kier molecular flexibility index (Phi) is 5.17. The molecule has 1 amide bonds. The van der Waals surface area contributed by atoms with Gasteiger partial charge in [-0.2, -0.15) is 0 Å². The van der Waals surface area contributed by atoms with Gasteiger partial charge < -0.3 is 15.5 Å². The second-order valence-electron chi connectivity index (χ2n) is 4.18. The lowest BCUT2D eigenvalue weighted by Crippen LogP contribution is -2.28. The molecule has 0 aromatic heterocycles. The first kappa shape index (κ1) is 14.0. The summed E-state index contributed by atoms with van der Waals surface area (Å²) in [5.74, 6) is -1.49. The molecule has 1 unspecified atom stereocenters. The van der Waals surface area contributed by atoms with E-state index in [1.807, 2.05) is 0 Å². The topological polar surface area (TPSA) is 86.6 Å². The van der Waals surface area contributed by atoms with Crippen molar-refractivity contribution in [3.63, 3.8) is 0 Å². The fourth-order valence-corrected chi connectivity index (χ4v) is 1.45. The van der Waals surface area contributed by atoms with Gasteiger partial charge in [0.1, 0.15) is 5.75 Å². The lowest BCUT2D eigenvalue weighted by Gasteiger charge is -2.08. The van der Waals surface area contributed by atoms with Gasteiger partial charge in [-0.1, -0.05) is 25.1 Å². The molecule has 5 nitrogen and oxygen atoms in total. The third-order valence-corrected chi connectivity index (χ3v) is 2.66. The van der Waals surface area contributed by atoms with E-state index in [4.69, 9.17) is 5.11 Å². The molecule has 0 radical (unpaired) electrons. The summed E-state index contributed by atoms with van der Waals surface area (Å²) >= 11 is 0. The third kappa shape index (κ3) is 4.45. The smallest absolute Gasteiger partial charge is 0.306 e. The van der Waals surface area contributed by atoms with Crippen molar-refractivity contribution in [2.45, 2.75) is 19.8 Å². The van der Waals surface area contributed by atoms with Crippen molar-refractivity contribution in [3.05, 3.63) is 29.8 Å². The number of hydrogen-bond acceptors (Lipinski definition) is 3. The van der Waals surface area contributed by atoms with Crippen LogP contribution in [0.5, 0.6) is 5.75 Å². The molecule has 1 aromatic rings. The number of phenolic OH excluding ortho intramolecular Hbond substituents is 1. The minimum atomic E-state index is -0.870. The third-order valence-electron chi connectivity index (χ3n) is 2.66. The monoisotopic (exact) mass is 251 g/mol. The molecular weight excluding hydrogens is 234 g/mol. The Hall–Kier alpha value is -2.04. The number of carbonyl (C=O) groups excluding carboxylic acids is 1. The Morgan fingerprint density at radius 3 is 2.61 bits per heavy atom. The number of aromatic hydroxyl groups is 1. The van der Waals surface area contributed by atoms with Gasteiger partial charge in [0.25, 0.3) is 0 Å². The summed E-state index contributed by atoms with van der Waals surface area (Å²) in [5, 5.41) is 20.8. The van der Waals surface area contributed by atoms with Crippen molar-refractivity contribution in [3.8, 4) is 5.75 Å². The van der Waals surface area contributed by atoms with Crippen LogP contribution in [0.2, 0.25) is 0 Å². The van der Waals surface area contributed by atoms with Crippen LogP contribution in [-0.2, 0) is 16.0 Å². The highest BCUT2D eigenvalue weighted by atomic mass is 16.4. The van der Waals surface area contributed by atoms with E-state index in [9.17, 15) is 14.7 Å². The number of amides is 1. The summed E-state index contributed by atoms with van der Waals surface area (Å²) in [7, 11) is 0. The van der Waals surface area contributed by atoms with E-state index in [1.165, 1.54) is 6.07 Å². The van der Waals surface area contributed by atoms with Crippen LogP contribution in [0.25, 0.3) is 0 Å². The number of carboxylic acid groups (broad SMARTS) is 1. The maximum atomic E-state index is 11.5. The van der Waals surface area contributed by atoms with E-state index in [0.29, 0.717) is 18.5 Å². The Labute approximate surface area is 105 Å². The normalized spacial score (nSPS) is 11.8. The van der Waals surface area contributed by atoms with Gasteiger partial charge in [0, 0.05) is 12.1 Å². The fraction of sp³-hybridized carbons (Fsp3) is 0.385. The molecule has 0 aliphatic heterocycles. The first-order valence-electron chi connectivity index (χ1n) is 5.77. The van der Waals surface area contributed by atoms with Gasteiger partial charge in [-0.05, 0) is 12.5 Å². The van der Waals surface area contributed by atoms with Gasteiger partial charge in [0.2, 0.25) is 5.91 Å². The number of benzene rings is 1. The number of nitrogens with one attached hydrogen (secondary N) is 1. The lowest BCUT2D eigenvalue weighted by molar-refractivity contribution is -0.141. The molecule has 1 atom stereocenters. The molecule has 3 N–H and O–H groups in total. The van der Waals surface area contributed by atoms with Gasteiger partial charge in [-0.3, -0.25) is 9.59 Å². The molecule has 5 heteroatoms. The molecule has 1 rings (SSSR count). The van der Waals surface area contributed by atoms with E-state index >= 15 is 0 Å². The summed E-state index contributed by atoms with van der Waals surface area (Å²) in [4.78, 5) is 22.1. The van der Waals surface area contributed by atoms with E-state index in [-0.39, 0.29) is 18.1 Å². The zero-order valence-electron chi connectivity index (χ0n) is 10.2. The van der Waals surface area contributed by atoms with Crippen LogP contribution in [0.15, 0.2) is 24.3 Å². The summed E-state index contributed by atoms with van der Waals surface area (Å²) in [6.45, 7) is 1.91. The van der Waals surface area contributed by atoms with Gasteiger partial charge in [-0.25, -0.2) is 0 Å². The van der Waals surface area contributed by atoms with Crippen molar-refractivity contribution < 1.29 is 19.8 Å². The highest BCUT2D eigenvalue weighted by Crippen LogP contribution is 2.15. The molecule has 0 bridgehead atoms. The van der Waals surface area contributed by atoms with Crippen molar-refractivity contribution in [1.29, 1.82) is 0 Å². The molecule has 0 saturated carbocycles. The number of rotatable bonds is 6. The van der Waals surface area contributed by atoms with Crippen LogP contribution >= 0.6 is 0 Å². The first-order chi connectivity index (χ1) is 8.50. The van der Waals surface area contributed by atoms with Gasteiger partial charge >= 0.3 is 5.97 Å². The average molecular weight is 251 g/mol. The Morgan fingerprint density at radius 1 is 1.33 bits per heavy atom. The summed E-state index contributed by atoms with van der Waals surface area (Å²) in [5.41, 5.74) is 0.557. The predicted octanol–water partition coefficient (Wildman–Crippen LogP) is 1.16. The summed E-state index contributed by atoms with van der Waals surface area (Å²) in [6, 6.07) is 6.63. The number of carbonyl (C=O) groups is 2. The zero-order chi connectivity index (χ0) is 13.5. The largest absolute Gasteiger partial charge is 0.508 e. The van der Waals surface area contributed by atoms with Crippen LogP contribution in [0.1, 0.15) is 18.9 Å². The maximum absolute atomic E-state index is 11.5. The summed E-state index contributed by atoms with van der Waals surface area (Å²) < 4.78 is 0. The maximum Gasteiger partial charge on any atom is 0.306 e. The van der Waals surface area contributed by atoms with Crippen LogP contribution in [0.3, 0.4) is 0 Å². The van der Waals surface area contributed by atoms with Crippen molar-refractivity contribution in [2.75, 3.05) is 6.54 Å². The van der Waals surface area contributed by atoms with Crippen LogP contribution in [0.4, 0.5) is 0 Å². The van der Waals surface area contributed by atoms with E-state index in [0.717, 1.165) is 0 Å². The van der Waals surface area contributed by atoms with Crippen LogP contribution in [0, 0.1) is 5.92 Å². The second-order valence-corrected chi connectivity index (χ2v) is 4.18. The number of phenols is 1. The average Bonchev–Trinajstić information content (AvgIpc) is 2.32. The lowest BCUT2D eigenvalue weighted by atomic mass is 10.1. The number of para-hydroxylation sites is 1. The molecule has 98 valence electrons. The molecule has 0 spiro atoms. The number of carboxylic acids is 1. The van der Waals surface area contributed by atoms with Gasteiger partial charge in [-0.15, -0.1) is 0 Å². The van der Waals surface area contributed by atoms with Gasteiger partial charge in [0.15, 0.2) is 0 Å². The fourth-order valence-electron chi connectivity index (χ4n) is 1.45. The van der Waals surface area contributed by atoms with E-state index in [1.54, 1.807) is 25.1 Å². The summed E-state index contributed by atoms with van der Waals surface area (Å²) in [6.07, 6.45) is 0.482. The SMILES string of the molecule is CC(CCNC(=O)Cc1ccccc1O)C(=O)O. The first-order valence-corrected chi connectivity index (χ1v) is 5.77. The van der Waals surface area contributed by atoms with Crippen molar-refractivity contribution >= 4 is 11.9 Å². The van der Waals surface area contributed by atoms with Crippen LogP contribution < -0.4 is 5.32 Å². The Bertz CT molecular complexity index is 431. The minimum absolute atomic E-state index is 0.0894. The molecular formula is C13H17NO4. The molecule has 0 heterocycles. The molecule has 0 aliphatic rings. The van der Waals surface area contributed by atoms with Crippen molar-refractivity contribution in [2.24, 2.45) is 5.92 Å². The molecule has 1 aromatic carbocycles. The zero-order valence-corrected chi connectivity index (χ0v) is 10.2. The standard InChI is InChI=1S/C13H17NO4/c1-9(13(17)18)6-7-14-12(16)8-10-4-2-3-5-11(10)15/h2-5,9,15H,6-8H2,1H3,(H,14,16)(H,17,18). The molecule has 0 aliphatic carbocycles. The molecule has 0 fully saturated rings. The molecule has 18 heavy (non-hydrogen) atoms. The predicted molar refractivity (Wildman–Crippen MR) is 66.2 cm³/mol. The van der Waals surface area contributed by atoms with Crippen LogP contribution in [-0.4, -0.2) is 28.6 Å². The highest BCUT2D eigenvalue weighted by Gasteiger charge is 2.11. The van der Waals surface area contributed by atoms with Gasteiger partial charge in [0.05, 0.1) is 12.3 Å².